The van der Waals surface area contributed by atoms with Gasteiger partial charge in [0.05, 0.1) is 6.04 Å². The summed E-state index contributed by atoms with van der Waals surface area (Å²) >= 11 is 1.75. The Hall–Kier alpha value is -1.68. The van der Waals surface area contributed by atoms with Crippen LogP contribution in [0.5, 0.6) is 0 Å². The van der Waals surface area contributed by atoms with Crippen LogP contribution in [0.1, 0.15) is 33.8 Å². The van der Waals surface area contributed by atoms with Crippen molar-refractivity contribution in [1.29, 1.82) is 0 Å². The Labute approximate surface area is 115 Å². The summed E-state index contributed by atoms with van der Waals surface area (Å²) in [4.78, 5) is 15.7. The third kappa shape index (κ3) is 2.16. The zero-order chi connectivity index (χ0) is 13.4. The number of carbonyl (C=O) groups excluding carboxylic acids is 1. The first-order valence-electron chi connectivity index (χ1n) is 6.29. The number of halogens is 1. The van der Waals surface area contributed by atoms with E-state index in [1.54, 1.807) is 23.5 Å². The van der Waals surface area contributed by atoms with Crippen LogP contribution in [0.4, 0.5) is 4.39 Å². The average molecular weight is 275 g/mol. The number of fused-ring (bicyclic) bond motifs is 1. The van der Waals surface area contributed by atoms with Gasteiger partial charge in [-0.15, -0.1) is 11.3 Å². The Morgan fingerprint density at radius 3 is 2.79 bits per heavy atom. The molecule has 0 radical (unpaired) electrons. The Morgan fingerprint density at radius 1 is 1.32 bits per heavy atom. The molecular weight excluding hydrogens is 261 g/mol. The molecule has 0 aliphatic carbocycles. The number of hydrogen-bond acceptors (Lipinski definition) is 2. The highest BCUT2D eigenvalue weighted by molar-refractivity contribution is 7.10. The largest absolute Gasteiger partial charge is 0.331 e. The molecule has 0 unspecified atom stereocenters. The maximum atomic E-state index is 12.9. The number of rotatable bonds is 1. The molecule has 0 saturated carbocycles. The van der Waals surface area contributed by atoms with Crippen LogP contribution in [0, 0.1) is 5.82 Å². The Balaban J connectivity index is 1.87. The Bertz CT molecular complexity index is 605. The van der Waals surface area contributed by atoms with Gasteiger partial charge in [-0.1, -0.05) is 0 Å². The van der Waals surface area contributed by atoms with Crippen LogP contribution in [0.3, 0.4) is 0 Å². The predicted molar refractivity (Wildman–Crippen MR) is 73.9 cm³/mol. The summed E-state index contributed by atoms with van der Waals surface area (Å²) in [7, 11) is 0. The van der Waals surface area contributed by atoms with Crippen LogP contribution in [0.25, 0.3) is 0 Å². The van der Waals surface area contributed by atoms with Gasteiger partial charge >= 0.3 is 0 Å². The fraction of sp³-hybridized carbons (Fsp3) is 0.267. The highest BCUT2D eigenvalue weighted by atomic mass is 32.1. The van der Waals surface area contributed by atoms with Gasteiger partial charge in [0.1, 0.15) is 5.82 Å². The summed E-state index contributed by atoms with van der Waals surface area (Å²) in [6, 6.07) is 7.94. The van der Waals surface area contributed by atoms with E-state index in [0.29, 0.717) is 5.56 Å². The lowest BCUT2D eigenvalue weighted by atomic mass is 10.0. The number of hydrogen-bond donors (Lipinski definition) is 0. The molecule has 3 rings (SSSR count). The number of nitrogens with zero attached hydrogens (tertiary/aromatic N) is 1. The maximum absolute atomic E-state index is 12.9. The van der Waals surface area contributed by atoms with Crippen molar-refractivity contribution in [3.8, 4) is 0 Å². The first-order valence-corrected chi connectivity index (χ1v) is 7.17. The zero-order valence-corrected chi connectivity index (χ0v) is 11.4. The second-order valence-electron chi connectivity index (χ2n) is 4.73. The number of thiophene rings is 1. The van der Waals surface area contributed by atoms with E-state index < -0.39 is 0 Å². The number of carbonyl (C=O) groups is 1. The van der Waals surface area contributed by atoms with E-state index in [4.69, 9.17) is 0 Å². The van der Waals surface area contributed by atoms with Gasteiger partial charge in [0, 0.05) is 17.0 Å². The summed E-state index contributed by atoms with van der Waals surface area (Å²) in [5.41, 5.74) is 1.79. The van der Waals surface area contributed by atoms with Gasteiger partial charge in [0.25, 0.3) is 5.91 Å². The van der Waals surface area contributed by atoms with Crippen molar-refractivity contribution in [3.05, 3.63) is 57.5 Å². The molecule has 0 saturated heterocycles. The van der Waals surface area contributed by atoms with Crippen molar-refractivity contribution in [2.75, 3.05) is 6.54 Å². The van der Waals surface area contributed by atoms with Crippen LogP contribution >= 0.6 is 11.3 Å². The molecule has 1 amide bonds. The standard InChI is InChI=1S/C15H14FNOS/c1-10-13-7-9-19-14(13)6-8-17(10)15(18)11-2-4-12(16)5-3-11/h2-5,7,9-10H,6,8H2,1H3/t10-/m1/s1. The molecule has 0 bridgehead atoms. The second-order valence-corrected chi connectivity index (χ2v) is 5.73. The van der Waals surface area contributed by atoms with Crippen molar-refractivity contribution in [3.63, 3.8) is 0 Å². The predicted octanol–water partition coefficient (Wildman–Crippen LogP) is 3.65. The van der Waals surface area contributed by atoms with Gasteiger partial charge in [-0.3, -0.25) is 4.79 Å². The molecule has 0 fully saturated rings. The van der Waals surface area contributed by atoms with Crippen molar-refractivity contribution < 1.29 is 9.18 Å². The fourth-order valence-electron chi connectivity index (χ4n) is 2.55. The monoisotopic (exact) mass is 275 g/mol. The molecule has 2 aromatic rings. The van der Waals surface area contributed by atoms with E-state index in [0.717, 1.165) is 13.0 Å². The van der Waals surface area contributed by atoms with Gasteiger partial charge in [0.2, 0.25) is 0 Å². The molecule has 2 nitrogen and oxygen atoms in total. The van der Waals surface area contributed by atoms with Crippen LogP contribution in [-0.4, -0.2) is 17.4 Å². The molecule has 98 valence electrons. The molecule has 1 aliphatic heterocycles. The van der Waals surface area contributed by atoms with Crippen LogP contribution < -0.4 is 0 Å². The Morgan fingerprint density at radius 2 is 2.05 bits per heavy atom. The summed E-state index contributed by atoms with van der Waals surface area (Å²) < 4.78 is 12.9. The lowest BCUT2D eigenvalue weighted by Gasteiger charge is -2.33. The van der Waals surface area contributed by atoms with Crippen LogP contribution in [0.15, 0.2) is 35.7 Å². The minimum Gasteiger partial charge on any atom is -0.331 e. The SMILES string of the molecule is C[C@@H]1c2ccsc2CCN1C(=O)c1ccc(F)cc1. The van der Waals surface area contributed by atoms with Gasteiger partial charge in [0.15, 0.2) is 0 Å². The summed E-state index contributed by atoms with van der Waals surface area (Å²) in [6.07, 6.45) is 0.907. The average Bonchev–Trinajstić information content (AvgIpc) is 2.88. The molecule has 2 heterocycles. The molecule has 0 spiro atoms. The van der Waals surface area contributed by atoms with Gasteiger partial charge in [-0.05, 0) is 54.6 Å². The lowest BCUT2D eigenvalue weighted by Crippen LogP contribution is -2.38. The van der Waals surface area contributed by atoms with Crippen molar-refractivity contribution in [1.82, 2.24) is 4.90 Å². The number of amides is 1. The Kier molecular flexibility index (Phi) is 3.11. The zero-order valence-electron chi connectivity index (χ0n) is 10.6. The van der Waals surface area contributed by atoms with Gasteiger partial charge < -0.3 is 4.90 Å². The molecule has 1 aromatic heterocycles. The fourth-order valence-corrected chi connectivity index (χ4v) is 3.51. The molecule has 1 aromatic carbocycles. The molecule has 0 N–H and O–H groups in total. The maximum Gasteiger partial charge on any atom is 0.254 e. The van der Waals surface area contributed by atoms with E-state index in [1.807, 2.05) is 11.8 Å². The topological polar surface area (TPSA) is 20.3 Å². The quantitative estimate of drug-likeness (QED) is 0.778. The smallest absolute Gasteiger partial charge is 0.254 e. The van der Waals surface area contributed by atoms with Crippen LogP contribution in [-0.2, 0) is 6.42 Å². The van der Waals surface area contributed by atoms with Crippen molar-refractivity contribution in [2.24, 2.45) is 0 Å². The highest BCUT2D eigenvalue weighted by Gasteiger charge is 2.28. The van der Waals surface area contributed by atoms with Crippen LogP contribution in [0.2, 0.25) is 0 Å². The van der Waals surface area contributed by atoms with E-state index in [9.17, 15) is 9.18 Å². The summed E-state index contributed by atoms with van der Waals surface area (Å²) in [5.74, 6) is -0.340. The minimum absolute atomic E-state index is 0.0237. The van der Waals surface area contributed by atoms with E-state index in [1.165, 1.54) is 22.6 Å². The summed E-state index contributed by atoms with van der Waals surface area (Å²) in [6.45, 7) is 2.77. The summed E-state index contributed by atoms with van der Waals surface area (Å²) in [5, 5.41) is 2.08. The van der Waals surface area contributed by atoms with E-state index >= 15 is 0 Å². The molecule has 1 aliphatic rings. The highest BCUT2D eigenvalue weighted by Crippen LogP contribution is 2.33. The van der Waals surface area contributed by atoms with E-state index in [-0.39, 0.29) is 17.8 Å². The first-order chi connectivity index (χ1) is 9.16. The molecule has 19 heavy (non-hydrogen) atoms. The van der Waals surface area contributed by atoms with Crippen molar-refractivity contribution in [2.45, 2.75) is 19.4 Å². The number of benzene rings is 1. The molecule has 1 atom stereocenters. The van der Waals surface area contributed by atoms with Crippen molar-refractivity contribution >= 4 is 17.2 Å². The lowest BCUT2D eigenvalue weighted by molar-refractivity contribution is 0.0679. The minimum atomic E-state index is -0.316. The third-order valence-electron chi connectivity index (χ3n) is 3.63. The molecular formula is C15H14FNOS. The first kappa shape index (κ1) is 12.4. The molecule has 4 heteroatoms. The normalized spacial score (nSPS) is 18.2. The third-order valence-corrected chi connectivity index (χ3v) is 4.63. The van der Waals surface area contributed by atoms with Gasteiger partial charge in [-0.2, -0.15) is 0 Å². The second kappa shape index (κ2) is 4.78. The van der Waals surface area contributed by atoms with E-state index in [2.05, 4.69) is 11.4 Å². The van der Waals surface area contributed by atoms with Gasteiger partial charge in [-0.25, -0.2) is 4.39 Å².